The van der Waals surface area contributed by atoms with E-state index in [1.807, 2.05) is 7.11 Å². The lowest BCUT2D eigenvalue weighted by molar-refractivity contribution is -0.0283. The van der Waals surface area contributed by atoms with Gasteiger partial charge in [0.2, 0.25) is 0 Å². The minimum absolute atomic E-state index is 0.425. The Morgan fingerprint density at radius 3 is 2.53 bits per heavy atom. The molecular formula is C16H31NO2. The van der Waals surface area contributed by atoms with Gasteiger partial charge in [-0.15, -0.1) is 0 Å². The summed E-state index contributed by atoms with van der Waals surface area (Å²) >= 11 is 0. The number of rotatable bonds is 7. The van der Waals surface area contributed by atoms with E-state index in [0.29, 0.717) is 12.2 Å². The molecule has 0 heterocycles. The first-order valence-electron chi connectivity index (χ1n) is 8.23. The summed E-state index contributed by atoms with van der Waals surface area (Å²) in [6.45, 7) is 3.05. The number of nitrogens with one attached hydrogen (secondary N) is 1. The molecule has 0 bridgehead atoms. The van der Waals surface area contributed by atoms with Crippen LogP contribution in [0.4, 0.5) is 0 Å². The maximum absolute atomic E-state index is 5.96. The monoisotopic (exact) mass is 269 g/mol. The van der Waals surface area contributed by atoms with Crippen molar-refractivity contribution in [3.8, 4) is 0 Å². The zero-order valence-electron chi connectivity index (χ0n) is 12.5. The Morgan fingerprint density at radius 2 is 1.74 bits per heavy atom. The molecule has 3 nitrogen and oxygen atoms in total. The predicted octanol–water partition coefficient (Wildman–Crippen LogP) is 3.13. The number of hydrogen-bond acceptors (Lipinski definition) is 3. The maximum atomic E-state index is 5.96. The molecule has 0 aliphatic heterocycles. The number of methoxy groups -OCH3 is 1. The Morgan fingerprint density at radius 1 is 0.947 bits per heavy atom. The molecule has 2 unspecified atom stereocenters. The first-order valence-corrected chi connectivity index (χ1v) is 8.23. The zero-order chi connectivity index (χ0) is 13.3. The molecule has 0 saturated heterocycles. The summed E-state index contributed by atoms with van der Waals surface area (Å²) in [5, 5.41) is 3.56. The smallest absolute Gasteiger partial charge is 0.0600 e. The molecule has 0 aromatic rings. The van der Waals surface area contributed by atoms with Gasteiger partial charge in [-0.3, -0.25) is 0 Å². The third-order valence-corrected chi connectivity index (χ3v) is 4.70. The molecule has 112 valence electrons. The second-order valence-electron chi connectivity index (χ2n) is 6.23. The van der Waals surface area contributed by atoms with Crippen molar-refractivity contribution in [2.45, 2.75) is 70.0 Å². The third-order valence-electron chi connectivity index (χ3n) is 4.70. The van der Waals surface area contributed by atoms with Gasteiger partial charge in [0.05, 0.1) is 18.8 Å². The van der Waals surface area contributed by atoms with Crippen molar-refractivity contribution in [1.82, 2.24) is 5.32 Å². The standard InChI is InChI=1S/C16H31NO2/c1-18-15-8-5-9-16(12-15)19-11-10-17-13-14-6-3-2-4-7-14/h14-17H,2-13H2,1H3. The van der Waals surface area contributed by atoms with Crippen molar-refractivity contribution in [2.75, 3.05) is 26.8 Å². The lowest BCUT2D eigenvalue weighted by atomic mass is 9.89. The molecule has 3 heteroatoms. The fourth-order valence-corrected chi connectivity index (χ4v) is 3.46. The molecule has 2 aliphatic carbocycles. The SMILES string of the molecule is COC1CCCC(OCCNCC2CCCCC2)C1. The Labute approximate surface area is 118 Å². The van der Waals surface area contributed by atoms with Crippen LogP contribution in [0.2, 0.25) is 0 Å². The van der Waals surface area contributed by atoms with Crippen LogP contribution >= 0.6 is 0 Å². The minimum Gasteiger partial charge on any atom is -0.381 e. The van der Waals surface area contributed by atoms with Gasteiger partial charge in [0.25, 0.3) is 0 Å². The quantitative estimate of drug-likeness (QED) is 0.720. The van der Waals surface area contributed by atoms with Crippen LogP contribution in [0.5, 0.6) is 0 Å². The molecule has 2 aliphatic rings. The molecule has 0 amide bonds. The van der Waals surface area contributed by atoms with E-state index in [0.717, 1.165) is 25.5 Å². The van der Waals surface area contributed by atoms with Gasteiger partial charge in [-0.2, -0.15) is 0 Å². The van der Waals surface area contributed by atoms with E-state index in [4.69, 9.17) is 9.47 Å². The molecule has 1 N–H and O–H groups in total. The van der Waals surface area contributed by atoms with E-state index in [2.05, 4.69) is 5.32 Å². The molecule has 2 saturated carbocycles. The summed E-state index contributed by atoms with van der Waals surface area (Å²) < 4.78 is 11.4. The van der Waals surface area contributed by atoms with Gasteiger partial charge >= 0.3 is 0 Å². The maximum Gasteiger partial charge on any atom is 0.0600 e. The molecule has 0 aromatic carbocycles. The topological polar surface area (TPSA) is 30.5 Å². The van der Waals surface area contributed by atoms with E-state index in [1.54, 1.807) is 0 Å². The lowest BCUT2D eigenvalue weighted by Gasteiger charge is -2.28. The van der Waals surface area contributed by atoms with Crippen molar-refractivity contribution in [2.24, 2.45) is 5.92 Å². The highest BCUT2D eigenvalue weighted by Gasteiger charge is 2.21. The Bertz CT molecular complexity index is 229. The summed E-state index contributed by atoms with van der Waals surface area (Å²) in [5.74, 6) is 0.918. The van der Waals surface area contributed by atoms with Gasteiger partial charge in [0.15, 0.2) is 0 Å². The summed E-state index contributed by atoms with van der Waals surface area (Å²) in [5.41, 5.74) is 0. The summed E-state index contributed by atoms with van der Waals surface area (Å²) in [4.78, 5) is 0. The zero-order valence-corrected chi connectivity index (χ0v) is 12.5. The molecule has 0 radical (unpaired) electrons. The highest BCUT2D eigenvalue weighted by Crippen LogP contribution is 2.23. The summed E-state index contributed by atoms with van der Waals surface area (Å²) in [6.07, 6.45) is 12.8. The Hall–Kier alpha value is -0.120. The second-order valence-corrected chi connectivity index (χ2v) is 6.23. The summed E-state index contributed by atoms with van der Waals surface area (Å²) in [6, 6.07) is 0. The van der Waals surface area contributed by atoms with E-state index in [-0.39, 0.29) is 0 Å². The summed E-state index contributed by atoms with van der Waals surface area (Å²) in [7, 11) is 1.82. The normalized spacial score (nSPS) is 29.5. The van der Waals surface area contributed by atoms with Crippen LogP contribution in [0, 0.1) is 5.92 Å². The van der Waals surface area contributed by atoms with Gasteiger partial charge < -0.3 is 14.8 Å². The highest BCUT2D eigenvalue weighted by molar-refractivity contribution is 4.73. The van der Waals surface area contributed by atoms with Crippen LogP contribution in [-0.2, 0) is 9.47 Å². The van der Waals surface area contributed by atoms with E-state index >= 15 is 0 Å². The van der Waals surface area contributed by atoms with E-state index in [9.17, 15) is 0 Å². The van der Waals surface area contributed by atoms with Crippen molar-refractivity contribution in [1.29, 1.82) is 0 Å². The molecule has 19 heavy (non-hydrogen) atoms. The predicted molar refractivity (Wildman–Crippen MR) is 78.4 cm³/mol. The number of ether oxygens (including phenoxy) is 2. The van der Waals surface area contributed by atoms with Crippen molar-refractivity contribution >= 4 is 0 Å². The van der Waals surface area contributed by atoms with Crippen LogP contribution in [-0.4, -0.2) is 39.0 Å². The van der Waals surface area contributed by atoms with Crippen molar-refractivity contribution < 1.29 is 9.47 Å². The molecule has 0 aromatic heterocycles. The molecule has 2 fully saturated rings. The lowest BCUT2D eigenvalue weighted by Crippen LogP contribution is -2.31. The molecule has 2 rings (SSSR count). The molecular weight excluding hydrogens is 238 g/mol. The van der Waals surface area contributed by atoms with Crippen LogP contribution in [0.1, 0.15) is 57.8 Å². The van der Waals surface area contributed by atoms with Gasteiger partial charge in [0.1, 0.15) is 0 Å². The van der Waals surface area contributed by atoms with Gasteiger partial charge in [0, 0.05) is 13.7 Å². The van der Waals surface area contributed by atoms with Crippen LogP contribution in [0.3, 0.4) is 0 Å². The highest BCUT2D eigenvalue weighted by atomic mass is 16.5. The fraction of sp³-hybridized carbons (Fsp3) is 1.00. The fourth-order valence-electron chi connectivity index (χ4n) is 3.46. The number of hydrogen-bond donors (Lipinski definition) is 1. The van der Waals surface area contributed by atoms with E-state index < -0.39 is 0 Å². The third kappa shape index (κ3) is 5.80. The van der Waals surface area contributed by atoms with Gasteiger partial charge in [-0.25, -0.2) is 0 Å². The Balaban J connectivity index is 1.47. The Kier molecular flexibility index (Phi) is 7.18. The first-order chi connectivity index (χ1) is 9.38. The average Bonchev–Trinajstić information content (AvgIpc) is 2.48. The van der Waals surface area contributed by atoms with Crippen LogP contribution in [0.15, 0.2) is 0 Å². The van der Waals surface area contributed by atoms with Crippen LogP contribution in [0.25, 0.3) is 0 Å². The first kappa shape index (κ1) is 15.3. The van der Waals surface area contributed by atoms with Gasteiger partial charge in [-0.05, 0) is 51.0 Å². The largest absolute Gasteiger partial charge is 0.381 e. The van der Waals surface area contributed by atoms with Crippen molar-refractivity contribution in [3.63, 3.8) is 0 Å². The minimum atomic E-state index is 0.425. The molecule has 0 spiro atoms. The van der Waals surface area contributed by atoms with Gasteiger partial charge in [-0.1, -0.05) is 19.3 Å². The molecule has 2 atom stereocenters. The van der Waals surface area contributed by atoms with Crippen LogP contribution < -0.4 is 5.32 Å². The van der Waals surface area contributed by atoms with Crippen molar-refractivity contribution in [3.05, 3.63) is 0 Å². The van der Waals surface area contributed by atoms with E-state index in [1.165, 1.54) is 57.9 Å². The second kappa shape index (κ2) is 8.93. The average molecular weight is 269 g/mol.